The second kappa shape index (κ2) is 4.12. The Morgan fingerprint density at radius 3 is 2.57 bits per heavy atom. The Morgan fingerprint density at radius 2 is 2.07 bits per heavy atom. The van der Waals surface area contributed by atoms with Crippen LogP contribution in [-0.2, 0) is 0 Å². The zero-order valence-electron chi connectivity index (χ0n) is 7.81. The molecule has 0 bridgehead atoms. The van der Waals surface area contributed by atoms with Gasteiger partial charge < -0.3 is 4.74 Å². The number of nitrogens with zero attached hydrogens (tertiary/aromatic N) is 2. The molecule has 1 aliphatic heterocycles. The first-order chi connectivity index (χ1) is 6.88. The predicted octanol–water partition coefficient (Wildman–Crippen LogP) is 1.17. The Morgan fingerprint density at radius 1 is 1.36 bits per heavy atom. The van der Waals surface area contributed by atoms with Crippen LogP contribution in [0.4, 0.5) is 0 Å². The highest BCUT2D eigenvalue weighted by atomic mass is 16.5. The van der Waals surface area contributed by atoms with Gasteiger partial charge in [-0.15, -0.1) is 0 Å². The van der Waals surface area contributed by atoms with Crippen molar-refractivity contribution in [3.05, 3.63) is 29.8 Å². The maximum Gasteiger partial charge on any atom is 0.119 e. The van der Waals surface area contributed by atoms with E-state index in [-0.39, 0.29) is 0 Å². The summed E-state index contributed by atoms with van der Waals surface area (Å²) in [6, 6.07) is 9.26. The standard InChI is InChI=1S/C11H11N2O/c12-5-9-1-3-11(4-2-9)14-8-10-6-13-7-10/h1-4,10H,6-8H2. The van der Waals surface area contributed by atoms with Crippen molar-refractivity contribution in [3.63, 3.8) is 0 Å². The third-order valence-electron chi connectivity index (χ3n) is 2.24. The van der Waals surface area contributed by atoms with Crippen LogP contribution in [0.15, 0.2) is 24.3 Å². The van der Waals surface area contributed by atoms with Crippen molar-refractivity contribution in [1.29, 1.82) is 5.26 Å². The molecule has 1 radical (unpaired) electrons. The first kappa shape index (κ1) is 9.04. The normalized spacial score (nSPS) is 15.6. The molecule has 2 rings (SSSR count). The summed E-state index contributed by atoms with van der Waals surface area (Å²) in [5.41, 5.74) is 0.663. The molecule has 0 unspecified atom stereocenters. The van der Waals surface area contributed by atoms with E-state index in [2.05, 4.69) is 11.4 Å². The molecular weight excluding hydrogens is 176 g/mol. The van der Waals surface area contributed by atoms with E-state index in [0.29, 0.717) is 11.5 Å². The van der Waals surface area contributed by atoms with Crippen molar-refractivity contribution in [2.45, 2.75) is 0 Å². The fourth-order valence-electron chi connectivity index (χ4n) is 1.26. The fourth-order valence-corrected chi connectivity index (χ4v) is 1.26. The van der Waals surface area contributed by atoms with Gasteiger partial charge in [0.25, 0.3) is 0 Å². The quantitative estimate of drug-likeness (QED) is 0.713. The number of rotatable bonds is 3. The van der Waals surface area contributed by atoms with E-state index in [9.17, 15) is 0 Å². The lowest BCUT2D eigenvalue weighted by molar-refractivity contribution is 0.196. The molecule has 14 heavy (non-hydrogen) atoms. The molecule has 0 atom stereocenters. The van der Waals surface area contributed by atoms with E-state index in [0.717, 1.165) is 25.4 Å². The fraction of sp³-hybridized carbons (Fsp3) is 0.364. The third-order valence-corrected chi connectivity index (χ3v) is 2.24. The average molecular weight is 187 g/mol. The molecule has 1 saturated heterocycles. The van der Waals surface area contributed by atoms with Gasteiger partial charge in [0.05, 0.1) is 18.2 Å². The molecule has 0 aromatic heterocycles. The summed E-state index contributed by atoms with van der Waals surface area (Å²) in [4.78, 5) is 0. The Hall–Kier alpha value is -1.53. The van der Waals surface area contributed by atoms with Gasteiger partial charge in [-0.2, -0.15) is 5.26 Å². The highest BCUT2D eigenvalue weighted by molar-refractivity contribution is 5.34. The Bertz CT molecular complexity index is 335. The molecule has 1 fully saturated rings. The minimum Gasteiger partial charge on any atom is -0.493 e. The van der Waals surface area contributed by atoms with E-state index in [4.69, 9.17) is 10.00 Å². The Labute approximate surface area is 83.3 Å². The maximum absolute atomic E-state index is 8.59. The van der Waals surface area contributed by atoms with Crippen molar-refractivity contribution in [2.24, 2.45) is 5.92 Å². The molecule has 3 heteroatoms. The van der Waals surface area contributed by atoms with Crippen LogP contribution in [0.1, 0.15) is 5.56 Å². The van der Waals surface area contributed by atoms with E-state index < -0.39 is 0 Å². The first-order valence-electron chi connectivity index (χ1n) is 4.64. The maximum atomic E-state index is 8.59. The highest BCUT2D eigenvalue weighted by Gasteiger charge is 2.18. The van der Waals surface area contributed by atoms with Crippen molar-refractivity contribution >= 4 is 0 Å². The van der Waals surface area contributed by atoms with Crippen LogP contribution in [0.5, 0.6) is 5.75 Å². The van der Waals surface area contributed by atoms with Crippen molar-refractivity contribution in [1.82, 2.24) is 5.32 Å². The van der Waals surface area contributed by atoms with Crippen LogP contribution in [0.3, 0.4) is 0 Å². The Balaban J connectivity index is 1.86. The number of hydrogen-bond donors (Lipinski definition) is 0. The lowest BCUT2D eigenvalue weighted by Gasteiger charge is -2.24. The molecule has 1 heterocycles. The summed E-state index contributed by atoms with van der Waals surface area (Å²) in [6.07, 6.45) is 0. The van der Waals surface area contributed by atoms with Gasteiger partial charge in [-0.25, -0.2) is 5.32 Å². The lowest BCUT2D eigenvalue weighted by Crippen LogP contribution is -2.39. The van der Waals surface area contributed by atoms with Crippen LogP contribution in [0.25, 0.3) is 0 Å². The molecule has 1 aromatic rings. The molecule has 0 saturated carbocycles. The summed E-state index contributed by atoms with van der Waals surface area (Å²) in [6.45, 7) is 2.59. The number of hydrogen-bond acceptors (Lipinski definition) is 2. The second-order valence-electron chi connectivity index (χ2n) is 3.40. The summed E-state index contributed by atoms with van der Waals surface area (Å²) < 4.78 is 5.54. The molecule has 0 amide bonds. The van der Waals surface area contributed by atoms with Gasteiger partial charge in [-0.1, -0.05) is 0 Å². The topological polar surface area (TPSA) is 47.1 Å². The molecule has 0 spiro atoms. The van der Waals surface area contributed by atoms with Gasteiger partial charge in [0.1, 0.15) is 5.75 Å². The summed E-state index contributed by atoms with van der Waals surface area (Å²) in [7, 11) is 0. The third kappa shape index (κ3) is 2.04. The van der Waals surface area contributed by atoms with Gasteiger partial charge in [0.2, 0.25) is 0 Å². The van der Waals surface area contributed by atoms with E-state index in [1.807, 2.05) is 12.1 Å². The number of nitriles is 1. The summed E-state index contributed by atoms with van der Waals surface area (Å²) in [5.74, 6) is 1.42. The van der Waals surface area contributed by atoms with E-state index in [1.54, 1.807) is 12.1 Å². The molecule has 3 nitrogen and oxygen atoms in total. The van der Waals surface area contributed by atoms with Gasteiger partial charge >= 0.3 is 0 Å². The van der Waals surface area contributed by atoms with Crippen LogP contribution in [0, 0.1) is 17.2 Å². The van der Waals surface area contributed by atoms with Crippen LogP contribution >= 0.6 is 0 Å². The minimum absolute atomic E-state index is 0.589. The molecule has 1 aromatic carbocycles. The molecule has 71 valence electrons. The number of benzene rings is 1. The minimum atomic E-state index is 0.589. The predicted molar refractivity (Wildman–Crippen MR) is 52.0 cm³/mol. The van der Waals surface area contributed by atoms with Crippen LogP contribution in [-0.4, -0.2) is 19.7 Å². The zero-order valence-corrected chi connectivity index (χ0v) is 7.81. The molecular formula is C11H11N2O. The SMILES string of the molecule is N#Cc1ccc(OCC2C[N]C2)cc1. The molecule has 0 N–H and O–H groups in total. The average Bonchev–Trinajstić information content (AvgIpc) is 2.16. The summed E-state index contributed by atoms with van der Waals surface area (Å²) >= 11 is 0. The van der Waals surface area contributed by atoms with Gasteiger partial charge in [0.15, 0.2) is 0 Å². The van der Waals surface area contributed by atoms with Crippen molar-refractivity contribution in [3.8, 4) is 11.8 Å². The number of ether oxygens (including phenoxy) is 1. The van der Waals surface area contributed by atoms with Gasteiger partial charge in [0, 0.05) is 19.0 Å². The second-order valence-corrected chi connectivity index (χ2v) is 3.40. The zero-order chi connectivity index (χ0) is 9.80. The van der Waals surface area contributed by atoms with Gasteiger partial charge in [-0.05, 0) is 24.3 Å². The summed E-state index contributed by atoms with van der Waals surface area (Å²) in [5, 5.41) is 12.7. The smallest absolute Gasteiger partial charge is 0.119 e. The largest absolute Gasteiger partial charge is 0.493 e. The van der Waals surface area contributed by atoms with Crippen LogP contribution in [0.2, 0.25) is 0 Å². The van der Waals surface area contributed by atoms with Crippen molar-refractivity contribution in [2.75, 3.05) is 19.7 Å². The van der Waals surface area contributed by atoms with E-state index in [1.165, 1.54) is 0 Å². The van der Waals surface area contributed by atoms with Crippen molar-refractivity contribution < 1.29 is 4.74 Å². The Kier molecular flexibility index (Phi) is 2.66. The molecule has 0 aliphatic carbocycles. The van der Waals surface area contributed by atoms with Crippen LogP contribution < -0.4 is 10.1 Å². The lowest BCUT2D eigenvalue weighted by atomic mass is 10.1. The molecule has 1 aliphatic rings. The van der Waals surface area contributed by atoms with E-state index >= 15 is 0 Å². The first-order valence-corrected chi connectivity index (χ1v) is 4.64. The monoisotopic (exact) mass is 187 g/mol. The van der Waals surface area contributed by atoms with Gasteiger partial charge in [-0.3, -0.25) is 0 Å². The highest BCUT2D eigenvalue weighted by Crippen LogP contribution is 2.14.